The third-order valence-electron chi connectivity index (χ3n) is 4.54. The molecule has 7 heteroatoms. The molecule has 0 N–H and O–H groups in total. The Morgan fingerprint density at radius 2 is 1.92 bits per heavy atom. The first-order chi connectivity index (χ1) is 11.6. The summed E-state index contributed by atoms with van der Waals surface area (Å²) in [5.41, 5.74) is 0.427. The summed E-state index contributed by atoms with van der Waals surface area (Å²) in [6.45, 7) is 3.42. The van der Waals surface area contributed by atoms with E-state index in [1.54, 1.807) is 4.90 Å². The number of carbonyl (C=O) groups is 2. The van der Waals surface area contributed by atoms with Gasteiger partial charge in [0.15, 0.2) is 0 Å². The molecule has 1 atom stereocenters. The van der Waals surface area contributed by atoms with Gasteiger partial charge in [0.05, 0.1) is 24.7 Å². The van der Waals surface area contributed by atoms with Crippen LogP contribution < -0.4 is 0 Å². The molecule has 2 aliphatic heterocycles. The molecule has 5 nitrogen and oxygen atoms in total. The molecule has 130 valence electrons. The van der Waals surface area contributed by atoms with E-state index in [-0.39, 0.29) is 17.7 Å². The fourth-order valence-corrected chi connectivity index (χ4v) is 3.76. The third-order valence-corrected chi connectivity index (χ3v) is 5.20. The van der Waals surface area contributed by atoms with Crippen molar-refractivity contribution in [1.29, 1.82) is 0 Å². The molecule has 1 aromatic carbocycles. The minimum absolute atomic E-state index is 0.106. The van der Waals surface area contributed by atoms with Gasteiger partial charge in [-0.05, 0) is 47.0 Å². The topological polar surface area (TPSA) is 49.9 Å². The third kappa shape index (κ3) is 3.78. The van der Waals surface area contributed by atoms with E-state index in [0.29, 0.717) is 49.4 Å². The molecule has 0 radical (unpaired) electrons. The van der Waals surface area contributed by atoms with Crippen molar-refractivity contribution in [3.63, 3.8) is 0 Å². The van der Waals surface area contributed by atoms with Crippen LogP contribution in [0.2, 0.25) is 0 Å². The molecular formula is C17H20BrFN2O3. The normalized spacial score (nSPS) is 21.7. The van der Waals surface area contributed by atoms with Gasteiger partial charge < -0.3 is 14.5 Å². The van der Waals surface area contributed by atoms with Crippen LogP contribution in [0.15, 0.2) is 22.7 Å². The number of morpholine rings is 1. The van der Waals surface area contributed by atoms with Gasteiger partial charge >= 0.3 is 0 Å². The monoisotopic (exact) mass is 398 g/mol. The number of hydrogen-bond acceptors (Lipinski definition) is 3. The summed E-state index contributed by atoms with van der Waals surface area (Å²) in [5.74, 6) is -0.618. The molecule has 0 spiro atoms. The molecule has 2 amide bonds. The molecular weight excluding hydrogens is 379 g/mol. The molecule has 2 aliphatic rings. The van der Waals surface area contributed by atoms with Crippen molar-refractivity contribution >= 4 is 27.7 Å². The van der Waals surface area contributed by atoms with Crippen LogP contribution in [0, 0.1) is 11.7 Å². The van der Waals surface area contributed by atoms with Gasteiger partial charge in [0, 0.05) is 30.7 Å². The fourth-order valence-electron chi connectivity index (χ4n) is 3.24. The largest absolute Gasteiger partial charge is 0.378 e. The van der Waals surface area contributed by atoms with E-state index in [1.165, 1.54) is 18.2 Å². The maximum absolute atomic E-state index is 13.2. The molecule has 0 aliphatic carbocycles. The summed E-state index contributed by atoms with van der Waals surface area (Å²) in [7, 11) is 0. The van der Waals surface area contributed by atoms with Crippen LogP contribution in [0.5, 0.6) is 0 Å². The molecule has 0 aromatic heterocycles. The highest BCUT2D eigenvalue weighted by atomic mass is 79.9. The van der Waals surface area contributed by atoms with E-state index >= 15 is 0 Å². The van der Waals surface area contributed by atoms with E-state index in [1.807, 2.05) is 4.90 Å². The lowest BCUT2D eigenvalue weighted by Crippen LogP contribution is -2.49. The van der Waals surface area contributed by atoms with Gasteiger partial charge in [-0.25, -0.2) is 4.39 Å². The predicted octanol–water partition coefficient (Wildman–Crippen LogP) is 2.30. The average Bonchev–Trinajstić information content (AvgIpc) is 2.61. The molecule has 2 saturated heterocycles. The molecule has 1 aromatic rings. The van der Waals surface area contributed by atoms with Crippen molar-refractivity contribution in [2.45, 2.75) is 12.8 Å². The van der Waals surface area contributed by atoms with Crippen LogP contribution in [0.4, 0.5) is 4.39 Å². The molecule has 0 bridgehead atoms. The Kier molecular flexibility index (Phi) is 5.50. The lowest BCUT2D eigenvalue weighted by molar-refractivity contribution is -0.141. The Balaban J connectivity index is 1.68. The minimum atomic E-state index is -0.391. The number of halogens is 2. The Hall–Kier alpha value is -1.47. The van der Waals surface area contributed by atoms with Gasteiger partial charge in [0.2, 0.25) is 5.91 Å². The number of nitrogens with zero attached hydrogens (tertiary/aromatic N) is 2. The average molecular weight is 399 g/mol. The van der Waals surface area contributed by atoms with Crippen LogP contribution in [0.1, 0.15) is 23.2 Å². The van der Waals surface area contributed by atoms with Crippen LogP contribution in [-0.4, -0.2) is 61.0 Å². The highest BCUT2D eigenvalue weighted by Gasteiger charge is 2.32. The Bertz CT molecular complexity index is 634. The SMILES string of the molecule is O=C(c1ccc(F)cc1Br)N1CCCC(C(=O)N2CCOCC2)C1. The van der Waals surface area contributed by atoms with E-state index < -0.39 is 5.82 Å². The van der Waals surface area contributed by atoms with Crippen molar-refractivity contribution in [1.82, 2.24) is 9.80 Å². The molecule has 24 heavy (non-hydrogen) atoms. The molecule has 1 unspecified atom stereocenters. The summed E-state index contributed by atoms with van der Waals surface area (Å²) >= 11 is 3.24. The zero-order valence-corrected chi connectivity index (χ0v) is 14.9. The second-order valence-corrected chi connectivity index (χ2v) is 7.01. The quantitative estimate of drug-likeness (QED) is 0.767. The standard InChI is InChI=1S/C17H20BrFN2O3/c18-15-10-13(19)3-4-14(15)17(23)21-5-1-2-12(11-21)16(22)20-6-8-24-9-7-20/h3-4,10,12H,1-2,5-9,11H2. The van der Waals surface area contributed by atoms with E-state index in [2.05, 4.69) is 15.9 Å². The maximum Gasteiger partial charge on any atom is 0.255 e. The lowest BCUT2D eigenvalue weighted by Gasteiger charge is -2.36. The Labute approximate surface area is 148 Å². The van der Waals surface area contributed by atoms with Crippen molar-refractivity contribution in [3.8, 4) is 0 Å². The number of hydrogen-bond donors (Lipinski definition) is 0. The first kappa shape index (κ1) is 17.4. The molecule has 3 rings (SSSR count). The number of rotatable bonds is 2. The Morgan fingerprint density at radius 1 is 1.17 bits per heavy atom. The Morgan fingerprint density at radius 3 is 2.62 bits per heavy atom. The maximum atomic E-state index is 13.2. The van der Waals surface area contributed by atoms with Gasteiger partial charge in [-0.2, -0.15) is 0 Å². The minimum Gasteiger partial charge on any atom is -0.378 e. The van der Waals surface area contributed by atoms with E-state index in [4.69, 9.17) is 4.74 Å². The van der Waals surface area contributed by atoms with Gasteiger partial charge in [0.25, 0.3) is 5.91 Å². The molecule has 0 saturated carbocycles. The van der Waals surface area contributed by atoms with Crippen molar-refractivity contribution < 1.29 is 18.7 Å². The van der Waals surface area contributed by atoms with Gasteiger partial charge in [0.1, 0.15) is 5.82 Å². The summed E-state index contributed by atoms with van der Waals surface area (Å²) in [5, 5.41) is 0. The highest BCUT2D eigenvalue weighted by molar-refractivity contribution is 9.10. The zero-order valence-electron chi connectivity index (χ0n) is 13.3. The van der Waals surface area contributed by atoms with Gasteiger partial charge in [-0.1, -0.05) is 0 Å². The summed E-state index contributed by atoms with van der Waals surface area (Å²) < 4.78 is 18.9. The zero-order chi connectivity index (χ0) is 17.1. The van der Waals surface area contributed by atoms with Crippen molar-refractivity contribution in [2.24, 2.45) is 5.92 Å². The van der Waals surface area contributed by atoms with Crippen LogP contribution in [0.3, 0.4) is 0 Å². The van der Waals surface area contributed by atoms with Crippen LogP contribution in [0.25, 0.3) is 0 Å². The fraction of sp³-hybridized carbons (Fsp3) is 0.529. The molecule has 2 heterocycles. The lowest BCUT2D eigenvalue weighted by atomic mass is 9.95. The van der Waals surface area contributed by atoms with Crippen LogP contribution >= 0.6 is 15.9 Å². The van der Waals surface area contributed by atoms with E-state index in [9.17, 15) is 14.0 Å². The number of ether oxygens (including phenoxy) is 1. The van der Waals surface area contributed by atoms with Gasteiger partial charge in [-0.15, -0.1) is 0 Å². The molecule has 2 fully saturated rings. The second kappa shape index (κ2) is 7.61. The smallest absolute Gasteiger partial charge is 0.255 e. The van der Waals surface area contributed by atoms with Gasteiger partial charge in [-0.3, -0.25) is 9.59 Å². The van der Waals surface area contributed by atoms with Crippen molar-refractivity contribution in [2.75, 3.05) is 39.4 Å². The second-order valence-electron chi connectivity index (χ2n) is 6.15. The number of amides is 2. The number of benzene rings is 1. The van der Waals surface area contributed by atoms with Crippen LogP contribution in [-0.2, 0) is 9.53 Å². The summed E-state index contributed by atoms with van der Waals surface area (Å²) in [6, 6.07) is 4.04. The number of likely N-dealkylation sites (tertiary alicyclic amines) is 1. The summed E-state index contributed by atoms with van der Waals surface area (Å²) in [4.78, 5) is 28.9. The number of carbonyl (C=O) groups excluding carboxylic acids is 2. The first-order valence-corrected chi connectivity index (χ1v) is 8.96. The summed E-state index contributed by atoms with van der Waals surface area (Å²) in [6.07, 6.45) is 1.59. The first-order valence-electron chi connectivity index (χ1n) is 8.17. The number of piperidine rings is 1. The van der Waals surface area contributed by atoms with E-state index in [0.717, 1.165) is 12.8 Å². The van der Waals surface area contributed by atoms with Crippen molar-refractivity contribution in [3.05, 3.63) is 34.1 Å². The predicted molar refractivity (Wildman–Crippen MR) is 90.1 cm³/mol. The highest BCUT2D eigenvalue weighted by Crippen LogP contribution is 2.24.